The molecule has 5 heteroatoms. The van der Waals surface area contributed by atoms with E-state index in [4.69, 9.17) is 14.2 Å². The van der Waals surface area contributed by atoms with Crippen molar-refractivity contribution in [2.45, 2.75) is 20.3 Å². The molecule has 2 aromatic rings. The van der Waals surface area contributed by atoms with Gasteiger partial charge in [-0.2, -0.15) is 0 Å². The minimum atomic E-state index is -0.0961. The van der Waals surface area contributed by atoms with Gasteiger partial charge in [0, 0.05) is 12.1 Å². The van der Waals surface area contributed by atoms with Crippen molar-refractivity contribution in [3.63, 3.8) is 0 Å². The summed E-state index contributed by atoms with van der Waals surface area (Å²) >= 11 is 0. The fraction of sp³-hybridized carbons (Fsp3) is 0.350. The molecule has 1 amide bonds. The number of amides is 1. The van der Waals surface area contributed by atoms with E-state index in [1.165, 1.54) is 0 Å². The maximum absolute atomic E-state index is 12.2. The molecule has 0 aromatic heterocycles. The lowest BCUT2D eigenvalue weighted by atomic mass is 10.0. The third-order valence-electron chi connectivity index (χ3n) is 3.95. The summed E-state index contributed by atoms with van der Waals surface area (Å²) in [5.74, 6) is 2.07. The SMILES string of the molecule is CCOc1ccc(C(=O)NCCc2cc(OC)c(OC)cc2C)cc1. The number of rotatable bonds is 8. The molecule has 2 rings (SSSR count). The molecule has 0 bridgehead atoms. The molecule has 0 unspecified atom stereocenters. The van der Waals surface area contributed by atoms with E-state index in [0.717, 1.165) is 23.3 Å². The first-order chi connectivity index (χ1) is 12.1. The molecular weight excluding hydrogens is 318 g/mol. The van der Waals surface area contributed by atoms with Crippen molar-refractivity contribution in [1.82, 2.24) is 5.32 Å². The summed E-state index contributed by atoms with van der Waals surface area (Å²) in [5.41, 5.74) is 2.84. The molecular formula is C20H25NO4. The lowest BCUT2D eigenvalue weighted by molar-refractivity contribution is 0.0954. The summed E-state index contributed by atoms with van der Waals surface area (Å²) in [7, 11) is 3.23. The average Bonchev–Trinajstić information content (AvgIpc) is 2.63. The predicted octanol–water partition coefficient (Wildman–Crippen LogP) is 3.38. The Morgan fingerprint density at radius 1 is 1.04 bits per heavy atom. The average molecular weight is 343 g/mol. The Bertz CT molecular complexity index is 710. The van der Waals surface area contributed by atoms with E-state index in [1.807, 2.05) is 26.0 Å². The molecule has 0 spiro atoms. The van der Waals surface area contributed by atoms with Gasteiger partial charge in [0.25, 0.3) is 5.91 Å². The van der Waals surface area contributed by atoms with E-state index < -0.39 is 0 Å². The third kappa shape index (κ3) is 4.89. The van der Waals surface area contributed by atoms with Gasteiger partial charge in [0.2, 0.25) is 0 Å². The smallest absolute Gasteiger partial charge is 0.251 e. The maximum atomic E-state index is 12.2. The van der Waals surface area contributed by atoms with Crippen LogP contribution in [0.25, 0.3) is 0 Å². The van der Waals surface area contributed by atoms with Gasteiger partial charge in [0.15, 0.2) is 11.5 Å². The molecule has 0 saturated heterocycles. The highest BCUT2D eigenvalue weighted by atomic mass is 16.5. The van der Waals surface area contributed by atoms with Crippen LogP contribution in [0.2, 0.25) is 0 Å². The van der Waals surface area contributed by atoms with Crippen molar-refractivity contribution in [2.24, 2.45) is 0 Å². The fourth-order valence-corrected chi connectivity index (χ4v) is 2.57. The molecule has 0 aliphatic heterocycles. The Kier molecular flexibility index (Phi) is 6.69. The van der Waals surface area contributed by atoms with Crippen LogP contribution in [-0.4, -0.2) is 33.3 Å². The normalized spacial score (nSPS) is 10.2. The second-order valence-corrected chi connectivity index (χ2v) is 5.60. The first-order valence-electron chi connectivity index (χ1n) is 8.31. The Morgan fingerprint density at radius 2 is 1.68 bits per heavy atom. The summed E-state index contributed by atoms with van der Waals surface area (Å²) in [4.78, 5) is 12.2. The van der Waals surface area contributed by atoms with Crippen LogP contribution in [0, 0.1) is 6.92 Å². The molecule has 0 aliphatic carbocycles. The number of methoxy groups -OCH3 is 2. The summed E-state index contributed by atoms with van der Waals surface area (Å²) in [5, 5.41) is 2.94. The molecule has 0 radical (unpaired) electrons. The summed E-state index contributed by atoms with van der Waals surface area (Å²) < 4.78 is 16.0. The topological polar surface area (TPSA) is 56.8 Å². The maximum Gasteiger partial charge on any atom is 0.251 e. The van der Waals surface area contributed by atoms with Gasteiger partial charge in [-0.1, -0.05) is 0 Å². The predicted molar refractivity (Wildman–Crippen MR) is 97.9 cm³/mol. The van der Waals surface area contributed by atoms with Crippen molar-refractivity contribution in [3.8, 4) is 17.2 Å². The Balaban J connectivity index is 1.94. The van der Waals surface area contributed by atoms with Gasteiger partial charge in [0.1, 0.15) is 5.75 Å². The van der Waals surface area contributed by atoms with E-state index >= 15 is 0 Å². The van der Waals surface area contributed by atoms with E-state index in [-0.39, 0.29) is 5.91 Å². The minimum Gasteiger partial charge on any atom is -0.494 e. The molecule has 0 saturated carbocycles. The molecule has 0 aliphatic rings. The lowest BCUT2D eigenvalue weighted by Crippen LogP contribution is -2.25. The summed E-state index contributed by atoms with van der Waals surface area (Å²) in [6.45, 7) is 5.10. The Hall–Kier alpha value is -2.69. The molecule has 2 aromatic carbocycles. The van der Waals surface area contributed by atoms with E-state index in [9.17, 15) is 4.79 Å². The number of nitrogens with one attached hydrogen (secondary N) is 1. The molecule has 0 fully saturated rings. The van der Waals surface area contributed by atoms with Crippen molar-refractivity contribution in [3.05, 3.63) is 53.1 Å². The lowest BCUT2D eigenvalue weighted by Gasteiger charge is -2.13. The van der Waals surface area contributed by atoms with E-state index in [1.54, 1.807) is 38.5 Å². The summed E-state index contributed by atoms with van der Waals surface area (Å²) in [6.07, 6.45) is 0.717. The highest BCUT2D eigenvalue weighted by Gasteiger charge is 2.10. The van der Waals surface area contributed by atoms with E-state index in [2.05, 4.69) is 5.32 Å². The first kappa shape index (κ1) is 18.6. The highest BCUT2D eigenvalue weighted by molar-refractivity contribution is 5.94. The summed E-state index contributed by atoms with van der Waals surface area (Å²) in [6, 6.07) is 11.0. The number of hydrogen-bond donors (Lipinski definition) is 1. The zero-order valence-corrected chi connectivity index (χ0v) is 15.2. The van der Waals surface area contributed by atoms with E-state index in [0.29, 0.717) is 30.2 Å². The van der Waals surface area contributed by atoms with Gasteiger partial charge in [-0.15, -0.1) is 0 Å². The number of aryl methyl sites for hydroxylation is 1. The largest absolute Gasteiger partial charge is 0.494 e. The molecule has 5 nitrogen and oxygen atoms in total. The number of hydrogen-bond acceptors (Lipinski definition) is 4. The molecule has 134 valence electrons. The van der Waals surface area contributed by atoms with Crippen LogP contribution in [0.4, 0.5) is 0 Å². The van der Waals surface area contributed by atoms with Crippen LogP contribution in [0.5, 0.6) is 17.2 Å². The zero-order valence-electron chi connectivity index (χ0n) is 15.2. The van der Waals surface area contributed by atoms with Crippen molar-refractivity contribution >= 4 is 5.91 Å². The monoisotopic (exact) mass is 343 g/mol. The van der Waals surface area contributed by atoms with Gasteiger partial charge in [-0.25, -0.2) is 0 Å². The van der Waals surface area contributed by atoms with Crippen LogP contribution in [0.1, 0.15) is 28.4 Å². The van der Waals surface area contributed by atoms with Crippen LogP contribution in [0.15, 0.2) is 36.4 Å². The molecule has 1 N–H and O–H groups in total. The van der Waals surface area contributed by atoms with Gasteiger partial charge in [-0.05, 0) is 67.8 Å². The molecule has 0 atom stereocenters. The first-order valence-corrected chi connectivity index (χ1v) is 8.31. The van der Waals surface area contributed by atoms with Gasteiger partial charge < -0.3 is 19.5 Å². The second kappa shape index (κ2) is 8.97. The van der Waals surface area contributed by atoms with Crippen LogP contribution >= 0.6 is 0 Å². The standard InChI is InChI=1S/C20H25NO4/c1-5-25-17-8-6-15(7-9-17)20(22)21-11-10-16-13-19(24-4)18(23-3)12-14(16)2/h6-9,12-13H,5,10-11H2,1-4H3,(H,21,22). The van der Waals surface area contributed by atoms with Crippen LogP contribution in [0.3, 0.4) is 0 Å². The Labute approximate surface area is 148 Å². The molecule has 25 heavy (non-hydrogen) atoms. The molecule has 0 heterocycles. The van der Waals surface area contributed by atoms with Crippen molar-refractivity contribution in [1.29, 1.82) is 0 Å². The van der Waals surface area contributed by atoms with Crippen LogP contribution in [-0.2, 0) is 6.42 Å². The van der Waals surface area contributed by atoms with Gasteiger partial charge >= 0.3 is 0 Å². The Morgan fingerprint density at radius 3 is 2.28 bits per heavy atom. The number of carbonyl (C=O) groups is 1. The second-order valence-electron chi connectivity index (χ2n) is 5.60. The quantitative estimate of drug-likeness (QED) is 0.798. The van der Waals surface area contributed by atoms with Crippen LogP contribution < -0.4 is 19.5 Å². The van der Waals surface area contributed by atoms with Gasteiger partial charge in [0.05, 0.1) is 20.8 Å². The zero-order chi connectivity index (χ0) is 18.2. The van der Waals surface area contributed by atoms with Crippen molar-refractivity contribution in [2.75, 3.05) is 27.4 Å². The third-order valence-corrected chi connectivity index (χ3v) is 3.95. The van der Waals surface area contributed by atoms with Crippen molar-refractivity contribution < 1.29 is 19.0 Å². The van der Waals surface area contributed by atoms with Gasteiger partial charge in [-0.3, -0.25) is 4.79 Å². The number of benzene rings is 2. The number of ether oxygens (including phenoxy) is 3. The fourth-order valence-electron chi connectivity index (χ4n) is 2.57. The highest BCUT2D eigenvalue weighted by Crippen LogP contribution is 2.30. The minimum absolute atomic E-state index is 0.0961. The number of carbonyl (C=O) groups excluding carboxylic acids is 1.